The molecule has 1 aromatic rings. The molecule has 1 rings (SSSR count). The second-order valence-electron chi connectivity index (χ2n) is 3.89. The van der Waals surface area contributed by atoms with Crippen molar-refractivity contribution in [2.24, 2.45) is 0 Å². The normalized spacial score (nSPS) is 12.0. The van der Waals surface area contributed by atoms with E-state index in [1.807, 2.05) is 23.1 Å². The molecule has 1 aromatic heterocycles. The Kier molecular flexibility index (Phi) is 5.83. The van der Waals surface area contributed by atoms with E-state index in [-0.39, 0.29) is 0 Å². The molecule has 0 fully saturated rings. The molecular weight excluding hydrogens is 184 g/mol. The number of aromatic nitrogens is 2. The molecule has 2 heteroatoms. The average molecular weight is 206 g/mol. The first-order valence-corrected chi connectivity index (χ1v) is 6.07. The van der Waals surface area contributed by atoms with Crippen molar-refractivity contribution in [2.75, 3.05) is 0 Å². The summed E-state index contributed by atoms with van der Waals surface area (Å²) >= 11 is 0. The summed E-state index contributed by atoms with van der Waals surface area (Å²) in [6.45, 7) is 4.46. The van der Waals surface area contributed by atoms with E-state index in [9.17, 15) is 0 Å². The highest BCUT2D eigenvalue weighted by Gasteiger charge is 1.99. The molecule has 0 spiro atoms. The van der Waals surface area contributed by atoms with Gasteiger partial charge in [0, 0.05) is 18.1 Å². The Balaban J connectivity index is 2.57. The van der Waals surface area contributed by atoms with Gasteiger partial charge in [-0.25, -0.2) is 4.68 Å². The molecule has 0 atom stereocenters. The fraction of sp³-hybridized carbons (Fsp3) is 0.615. The van der Waals surface area contributed by atoms with E-state index in [1.54, 1.807) is 0 Å². The lowest BCUT2D eigenvalue weighted by molar-refractivity contribution is 0.753. The standard InChI is InChI=1S/C13H22N2/c1-3-5-7-10-13(9-6-4-2)15-12-8-11-14-15/h8,10-12H,3-7,9H2,1-2H3/b13-10-. The van der Waals surface area contributed by atoms with Crippen molar-refractivity contribution in [3.05, 3.63) is 24.5 Å². The lowest BCUT2D eigenvalue weighted by Gasteiger charge is -2.07. The molecule has 0 aliphatic heterocycles. The van der Waals surface area contributed by atoms with Crippen LogP contribution in [-0.2, 0) is 0 Å². The topological polar surface area (TPSA) is 17.8 Å². The summed E-state index contributed by atoms with van der Waals surface area (Å²) in [5.74, 6) is 0. The zero-order chi connectivity index (χ0) is 10.9. The second kappa shape index (κ2) is 7.27. The molecule has 0 aliphatic carbocycles. The van der Waals surface area contributed by atoms with Crippen molar-refractivity contribution in [1.82, 2.24) is 9.78 Å². The van der Waals surface area contributed by atoms with Gasteiger partial charge in [0.05, 0.1) is 0 Å². The second-order valence-corrected chi connectivity index (χ2v) is 3.89. The Bertz CT molecular complexity index is 273. The van der Waals surface area contributed by atoms with Crippen LogP contribution in [0.15, 0.2) is 24.5 Å². The number of allylic oxidation sites excluding steroid dienone is 2. The van der Waals surface area contributed by atoms with Crippen LogP contribution < -0.4 is 0 Å². The van der Waals surface area contributed by atoms with E-state index in [0.717, 1.165) is 6.42 Å². The Morgan fingerprint density at radius 3 is 2.67 bits per heavy atom. The molecule has 0 saturated heterocycles. The van der Waals surface area contributed by atoms with Gasteiger partial charge in [0.15, 0.2) is 0 Å². The Morgan fingerprint density at radius 2 is 2.07 bits per heavy atom. The fourth-order valence-electron chi connectivity index (χ4n) is 1.58. The highest BCUT2D eigenvalue weighted by molar-refractivity contribution is 5.43. The van der Waals surface area contributed by atoms with Crippen LogP contribution in [0.3, 0.4) is 0 Å². The maximum absolute atomic E-state index is 4.30. The van der Waals surface area contributed by atoms with Crippen molar-refractivity contribution < 1.29 is 0 Å². The Morgan fingerprint density at radius 1 is 1.27 bits per heavy atom. The SMILES string of the molecule is CCCC/C=C(/CCCC)n1cccn1. The lowest BCUT2D eigenvalue weighted by Crippen LogP contribution is -1.97. The summed E-state index contributed by atoms with van der Waals surface area (Å²) in [6, 6.07) is 1.99. The van der Waals surface area contributed by atoms with Crippen LogP contribution in [0.2, 0.25) is 0 Å². The number of nitrogens with zero attached hydrogens (tertiary/aromatic N) is 2. The van der Waals surface area contributed by atoms with Gasteiger partial charge in [0.2, 0.25) is 0 Å². The molecule has 2 nitrogen and oxygen atoms in total. The number of hydrogen-bond donors (Lipinski definition) is 0. The summed E-state index contributed by atoms with van der Waals surface area (Å²) in [5.41, 5.74) is 1.36. The molecule has 0 N–H and O–H groups in total. The molecule has 0 unspecified atom stereocenters. The molecule has 84 valence electrons. The van der Waals surface area contributed by atoms with Crippen LogP contribution in [0, 0.1) is 0 Å². The fourth-order valence-corrected chi connectivity index (χ4v) is 1.58. The zero-order valence-electron chi connectivity index (χ0n) is 9.95. The van der Waals surface area contributed by atoms with Crippen LogP contribution in [-0.4, -0.2) is 9.78 Å². The van der Waals surface area contributed by atoms with Gasteiger partial charge in [-0.1, -0.05) is 39.2 Å². The summed E-state index contributed by atoms with van der Waals surface area (Å²) in [4.78, 5) is 0. The molecule has 0 aliphatic rings. The third kappa shape index (κ3) is 4.32. The van der Waals surface area contributed by atoms with Crippen molar-refractivity contribution in [1.29, 1.82) is 0 Å². The molecule has 1 heterocycles. The van der Waals surface area contributed by atoms with Gasteiger partial charge in [0.1, 0.15) is 0 Å². The van der Waals surface area contributed by atoms with E-state index in [1.165, 1.54) is 37.8 Å². The maximum Gasteiger partial charge on any atom is 0.0493 e. The van der Waals surface area contributed by atoms with Crippen molar-refractivity contribution in [3.63, 3.8) is 0 Å². The summed E-state index contributed by atoms with van der Waals surface area (Å²) in [6.07, 6.45) is 13.6. The Labute approximate surface area is 93.0 Å². The predicted octanol–water partition coefficient (Wildman–Crippen LogP) is 4.10. The summed E-state index contributed by atoms with van der Waals surface area (Å²) in [7, 11) is 0. The highest BCUT2D eigenvalue weighted by Crippen LogP contribution is 2.14. The van der Waals surface area contributed by atoms with Gasteiger partial charge in [0.25, 0.3) is 0 Å². The van der Waals surface area contributed by atoms with Gasteiger partial charge in [-0.3, -0.25) is 0 Å². The molecule has 15 heavy (non-hydrogen) atoms. The van der Waals surface area contributed by atoms with Gasteiger partial charge in [-0.15, -0.1) is 0 Å². The molecule has 0 saturated carbocycles. The minimum Gasteiger partial charge on any atom is -0.245 e. The van der Waals surface area contributed by atoms with Crippen LogP contribution in [0.25, 0.3) is 5.70 Å². The molecular formula is C13H22N2. The monoisotopic (exact) mass is 206 g/mol. The summed E-state index contributed by atoms with van der Waals surface area (Å²) in [5, 5.41) is 4.30. The highest BCUT2D eigenvalue weighted by atomic mass is 15.3. The van der Waals surface area contributed by atoms with Crippen LogP contribution in [0.1, 0.15) is 52.4 Å². The molecule has 0 radical (unpaired) electrons. The van der Waals surface area contributed by atoms with E-state index < -0.39 is 0 Å². The first kappa shape index (κ1) is 12.0. The van der Waals surface area contributed by atoms with Gasteiger partial charge < -0.3 is 0 Å². The van der Waals surface area contributed by atoms with E-state index >= 15 is 0 Å². The minimum absolute atomic E-state index is 1.14. The quantitative estimate of drug-likeness (QED) is 0.614. The van der Waals surface area contributed by atoms with Gasteiger partial charge in [-0.2, -0.15) is 5.10 Å². The third-order valence-electron chi connectivity index (χ3n) is 2.52. The molecule has 0 amide bonds. The van der Waals surface area contributed by atoms with Gasteiger partial charge >= 0.3 is 0 Å². The van der Waals surface area contributed by atoms with Crippen LogP contribution in [0.4, 0.5) is 0 Å². The predicted molar refractivity (Wildman–Crippen MR) is 65.6 cm³/mol. The number of hydrogen-bond acceptors (Lipinski definition) is 1. The van der Waals surface area contributed by atoms with Crippen LogP contribution in [0.5, 0.6) is 0 Å². The third-order valence-corrected chi connectivity index (χ3v) is 2.52. The number of rotatable bonds is 7. The first-order chi connectivity index (χ1) is 7.38. The largest absolute Gasteiger partial charge is 0.245 e. The minimum atomic E-state index is 1.14. The smallest absolute Gasteiger partial charge is 0.0493 e. The molecule has 0 bridgehead atoms. The van der Waals surface area contributed by atoms with Crippen molar-refractivity contribution in [2.45, 2.75) is 52.4 Å². The maximum atomic E-state index is 4.30. The zero-order valence-corrected chi connectivity index (χ0v) is 9.95. The van der Waals surface area contributed by atoms with E-state index in [0.29, 0.717) is 0 Å². The van der Waals surface area contributed by atoms with Crippen molar-refractivity contribution >= 4 is 5.70 Å². The van der Waals surface area contributed by atoms with Crippen molar-refractivity contribution in [3.8, 4) is 0 Å². The van der Waals surface area contributed by atoms with Crippen LogP contribution >= 0.6 is 0 Å². The lowest BCUT2D eigenvalue weighted by atomic mass is 10.1. The summed E-state index contributed by atoms with van der Waals surface area (Å²) < 4.78 is 2.01. The Hall–Kier alpha value is -1.05. The first-order valence-electron chi connectivity index (χ1n) is 6.07. The number of unbranched alkanes of at least 4 members (excludes halogenated alkanes) is 3. The van der Waals surface area contributed by atoms with E-state index in [2.05, 4.69) is 25.0 Å². The average Bonchev–Trinajstić information content (AvgIpc) is 2.76. The molecule has 0 aromatic carbocycles. The van der Waals surface area contributed by atoms with Gasteiger partial charge in [-0.05, 0) is 25.3 Å². The van der Waals surface area contributed by atoms with E-state index in [4.69, 9.17) is 0 Å².